The Morgan fingerprint density at radius 2 is 2.30 bits per heavy atom. The minimum atomic E-state index is 0. The number of nitrogens with two attached hydrogens (primary N) is 1. The molecule has 0 saturated heterocycles. The molecular formula is C6H9IN2O. The summed E-state index contributed by atoms with van der Waals surface area (Å²) in [5, 5.41) is 0. The van der Waals surface area contributed by atoms with Gasteiger partial charge in [-0.15, -0.1) is 0 Å². The first kappa shape index (κ1) is 9.48. The number of hydrogen-bond acceptors (Lipinski definition) is 2. The van der Waals surface area contributed by atoms with Gasteiger partial charge in [0.25, 0.3) is 0 Å². The molecule has 4 heteroatoms. The van der Waals surface area contributed by atoms with Gasteiger partial charge in [0.2, 0.25) is 6.20 Å². The van der Waals surface area contributed by atoms with Crippen molar-refractivity contribution in [3.05, 3.63) is 24.5 Å². The van der Waals surface area contributed by atoms with Gasteiger partial charge in [-0.2, -0.15) is 0 Å². The van der Waals surface area contributed by atoms with Gasteiger partial charge in [0.15, 0.2) is 11.9 Å². The Bertz CT molecular complexity index is 205. The number of ether oxygens (including phenoxy) is 1. The van der Waals surface area contributed by atoms with Crippen molar-refractivity contribution in [2.75, 3.05) is 13.0 Å². The number of pyridine rings is 1. The summed E-state index contributed by atoms with van der Waals surface area (Å²) >= 11 is 0. The molecule has 0 spiro atoms. The van der Waals surface area contributed by atoms with Crippen LogP contribution in [-0.4, -0.2) is 7.11 Å². The highest BCUT2D eigenvalue weighted by Gasteiger charge is 1.94. The zero-order chi connectivity index (χ0) is 6.69. The lowest BCUT2D eigenvalue weighted by Gasteiger charge is -1.92. The molecule has 3 nitrogen and oxygen atoms in total. The monoisotopic (exact) mass is 252 g/mol. The van der Waals surface area contributed by atoms with Crippen molar-refractivity contribution in [3.63, 3.8) is 0 Å². The number of aromatic nitrogens is 1. The van der Waals surface area contributed by atoms with Gasteiger partial charge in [-0.3, -0.25) is 0 Å². The van der Waals surface area contributed by atoms with E-state index in [1.807, 2.05) is 12.1 Å². The lowest BCUT2D eigenvalue weighted by Crippen LogP contribution is -3.00. The van der Waals surface area contributed by atoms with Crippen molar-refractivity contribution in [1.29, 1.82) is 0 Å². The maximum Gasteiger partial charge on any atom is 0.240 e. The summed E-state index contributed by atoms with van der Waals surface area (Å²) in [6, 6.07) is 3.65. The maximum atomic E-state index is 5.37. The van der Waals surface area contributed by atoms with Crippen molar-refractivity contribution >= 4 is 0 Å². The van der Waals surface area contributed by atoms with Crippen LogP contribution in [0.15, 0.2) is 24.5 Å². The van der Waals surface area contributed by atoms with E-state index in [9.17, 15) is 0 Å². The molecule has 0 unspecified atom stereocenters. The average molecular weight is 252 g/mol. The van der Waals surface area contributed by atoms with Crippen LogP contribution in [0.4, 0.5) is 0 Å². The third-order valence-corrected chi connectivity index (χ3v) is 1.03. The second kappa shape index (κ2) is 4.32. The van der Waals surface area contributed by atoms with Gasteiger partial charge in [-0.25, -0.2) is 5.84 Å². The van der Waals surface area contributed by atoms with E-state index in [4.69, 9.17) is 10.6 Å². The molecule has 0 radical (unpaired) electrons. The molecule has 0 amide bonds. The molecule has 1 rings (SSSR count). The molecule has 0 aliphatic carbocycles. The Morgan fingerprint density at radius 1 is 1.60 bits per heavy atom. The van der Waals surface area contributed by atoms with Crippen LogP contribution in [-0.2, 0) is 0 Å². The van der Waals surface area contributed by atoms with Crippen LogP contribution < -0.4 is 39.2 Å². The minimum absolute atomic E-state index is 0. The van der Waals surface area contributed by atoms with Crippen molar-refractivity contribution < 1.29 is 33.4 Å². The van der Waals surface area contributed by atoms with Crippen LogP contribution in [0, 0.1) is 0 Å². The van der Waals surface area contributed by atoms with E-state index in [1.54, 1.807) is 19.5 Å². The summed E-state index contributed by atoms with van der Waals surface area (Å²) < 4.78 is 6.34. The highest BCUT2D eigenvalue weighted by atomic mass is 127. The van der Waals surface area contributed by atoms with Gasteiger partial charge in [-0.05, 0) is 6.07 Å². The summed E-state index contributed by atoms with van der Waals surface area (Å²) in [6.45, 7) is 0. The summed E-state index contributed by atoms with van der Waals surface area (Å²) in [6.07, 6.45) is 3.43. The molecule has 0 saturated carbocycles. The fourth-order valence-corrected chi connectivity index (χ4v) is 0.591. The molecule has 56 valence electrons. The Labute approximate surface area is 76.8 Å². The molecule has 0 aliphatic heterocycles. The maximum absolute atomic E-state index is 5.37. The van der Waals surface area contributed by atoms with E-state index >= 15 is 0 Å². The van der Waals surface area contributed by atoms with E-state index in [0.29, 0.717) is 0 Å². The summed E-state index contributed by atoms with van der Waals surface area (Å²) in [5.74, 6) is 6.13. The average Bonchev–Trinajstić information content (AvgIpc) is 1.88. The number of nitrogen functional groups attached to an aromatic ring is 1. The van der Waals surface area contributed by atoms with Gasteiger partial charge in [0.1, 0.15) is 0 Å². The number of rotatable bonds is 1. The molecule has 1 aromatic rings. The summed E-state index contributed by atoms with van der Waals surface area (Å²) in [4.78, 5) is 0. The van der Waals surface area contributed by atoms with E-state index in [-0.39, 0.29) is 24.0 Å². The largest absolute Gasteiger partial charge is 1.00 e. The summed E-state index contributed by atoms with van der Waals surface area (Å²) in [5.41, 5.74) is 0. The highest BCUT2D eigenvalue weighted by Crippen LogP contribution is 2.01. The second-order valence-electron chi connectivity index (χ2n) is 1.69. The van der Waals surface area contributed by atoms with Crippen molar-refractivity contribution in [3.8, 4) is 5.75 Å². The predicted molar refractivity (Wildman–Crippen MR) is 33.3 cm³/mol. The van der Waals surface area contributed by atoms with Crippen LogP contribution in [0.25, 0.3) is 0 Å². The first-order chi connectivity index (χ1) is 4.33. The Kier molecular flexibility index (Phi) is 4.10. The molecule has 10 heavy (non-hydrogen) atoms. The molecule has 0 fully saturated rings. The molecule has 1 heterocycles. The third-order valence-electron chi connectivity index (χ3n) is 1.03. The van der Waals surface area contributed by atoms with Crippen LogP contribution in [0.3, 0.4) is 0 Å². The number of methoxy groups -OCH3 is 1. The number of halogens is 1. The van der Waals surface area contributed by atoms with Crippen LogP contribution in [0.5, 0.6) is 5.75 Å². The second-order valence-corrected chi connectivity index (χ2v) is 1.69. The first-order valence-electron chi connectivity index (χ1n) is 2.63. The van der Waals surface area contributed by atoms with Gasteiger partial charge in [0, 0.05) is 6.07 Å². The van der Waals surface area contributed by atoms with E-state index in [1.165, 1.54) is 4.68 Å². The lowest BCUT2D eigenvalue weighted by molar-refractivity contribution is -0.639. The fraction of sp³-hybridized carbons (Fsp3) is 0.167. The SMILES string of the molecule is COc1ccc[n+](N)c1.[I-]. The van der Waals surface area contributed by atoms with E-state index in [0.717, 1.165) is 5.75 Å². The lowest BCUT2D eigenvalue weighted by atomic mass is 10.5. The molecular weight excluding hydrogens is 243 g/mol. The minimum Gasteiger partial charge on any atom is -1.00 e. The third kappa shape index (κ3) is 2.38. The van der Waals surface area contributed by atoms with Crippen LogP contribution in [0.2, 0.25) is 0 Å². The first-order valence-corrected chi connectivity index (χ1v) is 2.63. The summed E-state index contributed by atoms with van der Waals surface area (Å²) in [7, 11) is 1.61. The van der Waals surface area contributed by atoms with Crippen LogP contribution in [0.1, 0.15) is 0 Å². The van der Waals surface area contributed by atoms with Crippen LogP contribution >= 0.6 is 0 Å². The van der Waals surface area contributed by atoms with Crippen molar-refractivity contribution in [2.45, 2.75) is 0 Å². The topological polar surface area (TPSA) is 39.1 Å². The standard InChI is InChI=1S/C6H9N2O.HI/c1-9-6-3-2-4-8(7)5-6;/h2-5H,7H2,1H3;1H/q+1;/p-1. The van der Waals surface area contributed by atoms with Gasteiger partial charge < -0.3 is 28.7 Å². The molecule has 1 aromatic heterocycles. The normalized spacial score (nSPS) is 8.10. The quantitative estimate of drug-likeness (QED) is 0.323. The van der Waals surface area contributed by atoms with E-state index < -0.39 is 0 Å². The zero-order valence-electron chi connectivity index (χ0n) is 5.62. The smallest absolute Gasteiger partial charge is 0.240 e. The highest BCUT2D eigenvalue weighted by molar-refractivity contribution is 5.11. The Morgan fingerprint density at radius 3 is 2.70 bits per heavy atom. The Balaban J connectivity index is 0.000000810. The molecule has 0 atom stereocenters. The van der Waals surface area contributed by atoms with E-state index in [2.05, 4.69) is 0 Å². The van der Waals surface area contributed by atoms with Gasteiger partial charge in [0.05, 0.1) is 7.11 Å². The number of nitrogens with zero attached hydrogens (tertiary/aromatic N) is 1. The zero-order valence-corrected chi connectivity index (χ0v) is 7.78. The fourth-order valence-electron chi connectivity index (χ4n) is 0.591. The van der Waals surface area contributed by atoms with Crippen molar-refractivity contribution in [2.24, 2.45) is 0 Å². The van der Waals surface area contributed by atoms with Gasteiger partial charge in [-0.1, -0.05) is 4.68 Å². The van der Waals surface area contributed by atoms with Gasteiger partial charge >= 0.3 is 0 Å². The molecule has 0 bridgehead atoms. The molecule has 2 N–H and O–H groups in total. The molecule has 0 aromatic carbocycles. The number of hydrogen-bond donors (Lipinski definition) is 1. The Hall–Kier alpha value is -0.520. The molecule has 0 aliphatic rings. The van der Waals surface area contributed by atoms with Crippen molar-refractivity contribution in [1.82, 2.24) is 0 Å². The predicted octanol–water partition coefficient (Wildman–Crippen LogP) is -3.30.